The molecular weight excluding hydrogens is 314 g/mol. The van der Waals surface area contributed by atoms with Crippen LogP contribution in [0.1, 0.15) is 22.5 Å². The van der Waals surface area contributed by atoms with Crippen molar-refractivity contribution in [1.29, 1.82) is 5.26 Å². The first-order chi connectivity index (χ1) is 12.2. The third kappa shape index (κ3) is 3.81. The van der Waals surface area contributed by atoms with E-state index >= 15 is 0 Å². The van der Waals surface area contributed by atoms with Crippen molar-refractivity contribution in [3.63, 3.8) is 0 Å². The Balaban J connectivity index is 1.78. The zero-order chi connectivity index (χ0) is 17.6. The molecule has 0 saturated carbocycles. The highest BCUT2D eigenvalue weighted by Crippen LogP contribution is 2.28. The molecule has 0 aliphatic carbocycles. The molecule has 2 aromatic carbocycles. The number of imidazole rings is 1. The molecule has 0 aliphatic rings. The summed E-state index contributed by atoms with van der Waals surface area (Å²) in [4.78, 5) is 4.48. The molecule has 3 aromatic rings. The van der Waals surface area contributed by atoms with Gasteiger partial charge in [-0.05, 0) is 35.4 Å². The van der Waals surface area contributed by atoms with Gasteiger partial charge >= 0.3 is 0 Å². The number of aromatic nitrogens is 2. The van der Waals surface area contributed by atoms with Gasteiger partial charge in [-0.1, -0.05) is 18.2 Å². The molecule has 0 aliphatic heterocycles. The summed E-state index contributed by atoms with van der Waals surface area (Å²) in [5, 5.41) is 8.89. The highest BCUT2D eigenvalue weighted by atomic mass is 16.5. The van der Waals surface area contributed by atoms with Crippen LogP contribution in [0.2, 0.25) is 0 Å². The van der Waals surface area contributed by atoms with Gasteiger partial charge in [-0.25, -0.2) is 4.98 Å². The second-order valence-electron chi connectivity index (χ2n) is 5.65. The Morgan fingerprint density at radius 3 is 2.40 bits per heavy atom. The zero-order valence-electron chi connectivity index (χ0n) is 14.3. The van der Waals surface area contributed by atoms with Gasteiger partial charge in [0, 0.05) is 25.4 Å². The fourth-order valence-electron chi connectivity index (χ4n) is 2.71. The summed E-state index contributed by atoms with van der Waals surface area (Å²) < 4.78 is 12.8. The summed E-state index contributed by atoms with van der Waals surface area (Å²) in [5.74, 6) is 2.40. The minimum Gasteiger partial charge on any atom is -0.493 e. The van der Waals surface area contributed by atoms with Crippen LogP contribution in [0.4, 0.5) is 0 Å². The lowest BCUT2D eigenvalue weighted by molar-refractivity contribution is 0.354. The van der Waals surface area contributed by atoms with E-state index in [1.54, 1.807) is 20.4 Å². The lowest BCUT2D eigenvalue weighted by atomic mass is 10.1. The van der Waals surface area contributed by atoms with Gasteiger partial charge in [-0.15, -0.1) is 0 Å². The van der Waals surface area contributed by atoms with Crippen LogP contribution in [-0.2, 0) is 13.0 Å². The van der Waals surface area contributed by atoms with Crippen LogP contribution in [-0.4, -0.2) is 23.8 Å². The topological polar surface area (TPSA) is 60.1 Å². The van der Waals surface area contributed by atoms with Crippen LogP contribution < -0.4 is 9.47 Å². The van der Waals surface area contributed by atoms with E-state index in [1.165, 1.54) is 0 Å². The maximum atomic E-state index is 8.89. The summed E-state index contributed by atoms with van der Waals surface area (Å²) in [7, 11) is 3.26. The van der Waals surface area contributed by atoms with Crippen molar-refractivity contribution in [2.24, 2.45) is 0 Å². The van der Waals surface area contributed by atoms with Gasteiger partial charge in [0.1, 0.15) is 5.82 Å². The molecular formula is C20H19N3O2. The van der Waals surface area contributed by atoms with Gasteiger partial charge in [-0.3, -0.25) is 0 Å². The van der Waals surface area contributed by atoms with Crippen LogP contribution in [0, 0.1) is 11.3 Å². The van der Waals surface area contributed by atoms with Gasteiger partial charge in [-0.2, -0.15) is 5.26 Å². The third-order valence-corrected chi connectivity index (χ3v) is 4.05. The van der Waals surface area contributed by atoms with E-state index in [2.05, 4.69) is 15.6 Å². The van der Waals surface area contributed by atoms with Gasteiger partial charge in [0.05, 0.1) is 25.9 Å². The molecule has 3 rings (SSSR count). The largest absolute Gasteiger partial charge is 0.493 e. The molecule has 0 N–H and O–H groups in total. The second-order valence-corrected chi connectivity index (χ2v) is 5.65. The summed E-state index contributed by atoms with van der Waals surface area (Å²) in [6.45, 7) is 0.717. The Kier molecular flexibility index (Phi) is 5.00. The smallest absolute Gasteiger partial charge is 0.161 e. The Labute approximate surface area is 147 Å². The van der Waals surface area contributed by atoms with Gasteiger partial charge < -0.3 is 14.0 Å². The number of hydrogen-bond donors (Lipinski definition) is 0. The highest BCUT2D eigenvalue weighted by molar-refractivity contribution is 5.43. The molecule has 0 radical (unpaired) electrons. The van der Waals surface area contributed by atoms with Gasteiger partial charge in [0.15, 0.2) is 11.5 Å². The van der Waals surface area contributed by atoms with E-state index < -0.39 is 0 Å². The molecule has 0 amide bonds. The quantitative estimate of drug-likeness (QED) is 0.693. The van der Waals surface area contributed by atoms with Crippen LogP contribution in [0.5, 0.6) is 11.5 Å². The molecule has 126 valence electrons. The minimum absolute atomic E-state index is 0.667. The van der Waals surface area contributed by atoms with Crippen LogP contribution in [0.25, 0.3) is 0 Å². The van der Waals surface area contributed by atoms with Crippen LogP contribution in [0.15, 0.2) is 54.9 Å². The number of ether oxygens (including phenoxy) is 2. The predicted octanol–water partition coefficient (Wildman–Crippen LogP) is 3.41. The molecule has 0 saturated heterocycles. The SMILES string of the molecule is COc1ccc(Cc2nccn2Cc2ccc(C#N)cc2)cc1OC. The third-order valence-electron chi connectivity index (χ3n) is 4.05. The fraction of sp³-hybridized carbons (Fsp3) is 0.200. The summed E-state index contributed by atoms with van der Waals surface area (Å²) in [6.07, 6.45) is 4.47. The Hall–Kier alpha value is -3.26. The van der Waals surface area contributed by atoms with Crippen molar-refractivity contribution in [3.05, 3.63) is 77.4 Å². The Morgan fingerprint density at radius 1 is 1.00 bits per heavy atom. The zero-order valence-corrected chi connectivity index (χ0v) is 14.3. The van der Waals surface area contributed by atoms with Crippen molar-refractivity contribution >= 4 is 0 Å². The molecule has 0 atom stereocenters. The predicted molar refractivity (Wildman–Crippen MR) is 94.8 cm³/mol. The number of benzene rings is 2. The first-order valence-electron chi connectivity index (χ1n) is 7.93. The van der Waals surface area contributed by atoms with E-state index in [0.29, 0.717) is 30.0 Å². The van der Waals surface area contributed by atoms with Crippen molar-refractivity contribution in [1.82, 2.24) is 9.55 Å². The number of hydrogen-bond acceptors (Lipinski definition) is 4. The standard InChI is InChI=1S/C20H19N3O2/c1-24-18-8-7-17(11-19(18)25-2)12-20-22-9-10-23(20)14-16-5-3-15(13-21)4-6-16/h3-11H,12,14H2,1-2H3. The van der Waals surface area contributed by atoms with E-state index in [4.69, 9.17) is 14.7 Å². The van der Waals surface area contributed by atoms with Crippen molar-refractivity contribution in [3.8, 4) is 17.6 Å². The Morgan fingerprint density at radius 2 is 1.72 bits per heavy atom. The van der Waals surface area contributed by atoms with E-state index in [-0.39, 0.29) is 0 Å². The number of rotatable bonds is 6. The average Bonchev–Trinajstić information content (AvgIpc) is 3.08. The summed E-state index contributed by atoms with van der Waals surface area (Å²) in [5.41, 5.74) is 2.90. The maximum Gasteiger partial charge on any atom is 0.161 e. The van der Waals surface area contributed by atoms with Gasteiger partial charge in [0.25, 0.3) is 0 Å². The number of methoxy groups -OCH3 is 2. The lowest BCUT2D eigenvalue weighted by Gasteiger charge is -2.11. The van der Waals surface area contributed by atoms with Crippen LogP contribution >= 0.6 is 0 Å². The fourth-order valence-corrected chi connectivity index (χ4v) is 2.71. The second kappa shape index (κ2) is 7.54. The maximum absolute atomic E-state index is 8.89. The Bertz CT molecular complexity index is 892. The van der Waals surface area contributed by atoms with Crippen LogP contribution in [0.3, 0.4) is 0 Å². The molecule has 0 unspecified atom stereocenters. The normalized spacial score (nSPS) is 10.3. The van der Waals surface area contributed by atoms with Gasteiger partial charge in [0.2, 0.25) is 0 Å². The van der Waals surface area contributed by atoms with Crippen molar-refractivity contribution < 1.29 is 9.47 Å². The molecule has 5 nitrogen and oxygen atoms in total. The molecule has 1 heterocycles. The summed E-state index contributed by atoms with van der Waals surface area (Å²) in [6, 6.07) is 15.6. The van der Waals surface area contributed by atoms with Crippen molar-refractivity contribution in [2.45, 2.75) is 13.0 Å². The monoisotopic (exact) mass is 333 g/mol. The summed E-state index contributed by atoms with van der Waals surface area (Å²) >= 11 is 0. The minimum atomic E-state index is 0.667. The van der Waals surface area contributed by atoms with E-state index in [1.807, 2.05) is 48.7 Å². The lowest BCUT2D eigenvalue weighted by Crippen LogP contribution is -2.05. The molecule has 0 bridgehead atoms. The van der Waals surface area contributed by atoms with Crippen molar-refractivity contribution in [2.75, 3.05) is 14.2 Å². The number of nitriles is 1. The first kappa shape index (κ1) is 16.6. The molecule has 1 aromatic heterocycles. The first-order valence-corrected chi connectivity index (χ1v) is 7.93. The molecule has 25 heavy (non-hydrogen) atoms. The average molecular weight is 333 g/mol. The molecule has 5 heteroatoms. The van der Waals surface area contributed by atoms with E-state index in [0.717, 1.165) is 17.0 Å². The van der Waals surface area contributed by atoms with E-state index in [9.17, 15) is 0 Å². The number of nitrogens with zero attached hydrogens (tertiary/aromatic N) is 3. The molecule has 0 spiro atoms. The highest BCUT2D eigenvalue weighted by Gasteiger charge is 2.09. The molecule has 0 fully saturated rings.